The van der Waals surface area contributed by atoms with Crippen LogP contribution in [0.15, 0.2) is 29.8 Å². The molecule has 2 amide bonds. The normalized spacial score (nSPS) is 17.0. The van der Waals surface area contributed by atoms with E-state index in [1.54, 1.807) is 11.1 Å². The lowest BCUT2D eigenvalue weighted by Gasteiger charge is -2.16. The van der Waals surface area contributed by atoms with Gasteiger partial charge in [-0.05, 0) is 25.0 Å². The zero-order valence-electron chi connectivity index (χ0n) is 13.9. The summed E-state index contributed by atoms with van der Waals surface area (Å²) < 4.78 is 0. The molecule has 0 spiro atoms. The van der Waals surface area contributed by atoms with Gasteiger partial charge in [0, 0.05) is 31.1 Å². The third-order valence-corrected chi connectivity index (χ3v) is 4.87. The van der Waals surface area contributed by atoms with Crippen LogP contribution in [0.3, 0.4) is 0 Å². The third-order valence-electron chi connectivity index (χ3n) is 4.14. The number of nitrogen functional groups attached to an aromatic ring is 1. The monoisotopic (exact) mass is 359 g/mol. The number of rotatable bonds is 7. The second-order valence-electron chi connectivity index (χ2n) is 6.07. The molecule has 1 fully saturated rings. The number of hydrogen-bond acceptors (Lipinski definition) is 6. The summed E-state index contributed by atoms with van der Waals surface area (Å²) in [5.74, 6) is -0.343. The molecule has 25 heavy (non-hydrogen) atoms. The smallest absolute Gasteiger partial charge is 0.225 e. The maximum Gasteiger partial charge on any atom is 0.225 e. The van der Waals surface area contributed by atoms with Crippen LogP contribution in [0.2, 0.25) is 0 Å². The van der Waals surface area contributed by atoms with Crippen molar-refractivity contribution in [2.75, 3.05) is 18.8 Å². The second-order valence-corrected chi connectivity index (χ2v) is 6.96. The highest BCUT2D eigenvalue weighted by Crippen LogP contribution is 2.20. The minimum Gasteiger partial charge on any atom is -0.375 e. The van der Waals surface area contributed by atoms with Crippen molar-refractivity contribution >= 4 is 28.3 Å². The average molecular weight is 359 g/mol. The summed E-state index contributed by atoms with van der Waals surface area (Å²) in [7, 11) is 0. The first-order chi connectivity index (χ1) is 12.1. The molecule has 0 saturated carbocycles. The molecule has 0 radical (unpaired) electrons. The molecule has 3 heterocycles. The van der Waals surface area contributed by atoms with E-state index < -0.39 is 0 Å². The Kier molecular flexibility index (Phi) is 5.60. The third kappa shape index (κ3) is 4.76. The summed E-state index contributed by atoms with van der Waals surface area (Å²) in [6.45, 7) is 1.47. The Labute approximate surface area is 150 Å². The molecule has 3 N–H and O–H groups in total. The van der Waals surface area contributed by atoms with Gasteiger partial charge in [0.25, 0.3) is 0 Å². The summed E-state index contributed by atoms with van der Waals surface area (Å²) in [5.41, 5.74) is 7.38. The van der Waals surface area contributed by atoms with Crippen molar-refractivity contribution in [1.82, 2.24) is 20.2 Å². The number of nitrogens with one attached hydrogen (secondary N) is 1. The van der Waals surface area contributed by atoms with Gasteiger partial charge in [0.05, 0.1) is 23.9 Å². The highest BCUT2D eigenvalue weighted by Gasteiger charge is 2.34. The van der Waals surface area contributed by atoms with Gasteiger partial charge in [-0.1, -0.05) is 6.07 Å². The molecule has 7 nitrogen and oxygen atoms in total. The van der Waals surface area contributed by atoms with Gasteiger partial charge in [-0.15, -0.1) is 11.3 Å². The lowest BCUT2D eigenvalue weighted by molar-refractivity contribution is -0.129. The predicted molar refractivity (Wildman–Crippen MR) is 95.6 cm³/mol. The summed E-state index contributed by atoms with van der Waals surface area (Å²) in [5, 5.41) is 5.42. The van der Waals surface area contributed by atoms with Gasteiger partial charge in [0.15, 0.2) is 5.13 Å². The van der Waals surface area contributed by atoms with Crippen LogP contribution < -0.4 is 11.1 Å². The number of carbonyl (C=O) groups is 2. The van der Waals surface area contributed by atoms with Gasteiger partial charge in [-0.2, -0.15) is 0 Å². The number of likely N-dealkylation sites (tertiary alicyclic amines) is 1. The van der Waals surface area contributed by atoms with Crippen LogP contribution in [0.5, 0.6) is 0 Å². The zero-order chi connectivity index (χ0) is 17.6. The summed E-state index contributed by atoms with van der Waals surface area (Å²) >= 11 is 1.42. The van der Waals surface area contributed by atoms with E-state index in [0.717, 1.165) is 24.2 Å². The van der Waals surface area contributed by atoms with Gasteiger partial charge in [0.1, 0.15) is 0 Å². The van der Waals surface area contributed by atoms with E-state index in [2.05, 4.69) is 15.3 Å². The Balaban J connectivity index is 1.41. The Bertz CT molecular complexity index is 734. The van der Waals surface area contributed by atoms with Crippen LogP contribution in [-0.4, -0.2) is 39.8 Å². The number of anilines is 1. The average Bonchev–Trinajstić information content (AvgIpc) is 3.18. The van der Waals surface area contributed by atoms with Crippen molar-refractivity contribution in [3.8, 4) is 0 Å². The van der Waals surface area contributed by atoms with Crippen LogP contribution in [0.25, 0.3) is 0 Å². The van der Waals surface area contributed by atoms with Crippen molar-refractivity contribution in [3.63, 3.8) is 0 Å². The van der Waals surface area contributed by atoms with Gasteiger partial charge < -0.3 is 16.0 Å². The largest absolute Gasteiger partial charge is 0.375 e. The predicted octanol–water partition coefficient (Wildman–Crippen LogP) is 1.22. The second kappa shape index (κ2) is 8.06. The molecule has 8 heteroatoms. The molecule has 0 aromatic carbocycles. The van der Waals surface area contributed by atoms with Gasteiger partial charge in [-0.3, -0.25) is 14.6 Å². The fourth-order valence-corrected chi connectivity index (χ4v) is 3.45. The zero-order valence-corrected chi connectivity index (χ0v) is 14.7. The highest BCUT2D eigenvalue weighted by molar-refractivity contribution is 7.13. The number of aryl methyl sites for hydroxylation is 1. The summed E-state index contributed by atoms with van der Waals surface area (Å²) in [6.07, 6.45) is 3.55. The molecule has 2 aromatic rings. The molecule has 1 atom stereocenters. The Morgan fingerprint density at radius 3 is 3.00 bits per heavy atom. The molecule has 1 aliphatic heterocycles. The number of thiazole rings is 1. The van der Waals surface area contributed by atoms with Gasteiger partial charge in [0.2, 0.25) is 11.8 Å². The fourth-order valence-electron chi connectivity index (χ4n) is 2.85. The van der Waals surface area contributed by atoms with Crippen molar-refractivity contribution < 1.29 is 9.59 Å². The minimum absolute atomic E-state index is 0.00347. The van der Waals surface area contributed by atoms with E-state index in [9.17, 15) is 9.59 Å². The molecule has 2 aromatic heterocycles. The first-order valence-electron chi connectivity index (χ1n) is 8.27. The first kappa shape index (κ1) is 17.3. The topological polar surface area (TPSA) is 101 Å². The summed E-state index contributed by atoms with van der Waals surface area (Å²) in [6, 6.07) is 5.61. The Morgan fingerprint density at radius 2 is 2.28 bits per heavy atom. The molecule has 0 aliphatic carbocycles. The van der Waals surface area contributed by atoms with Gasteiger partial charge in [-0.25, -0.2) is 4.98 Å². The standard InChI is InChI=1S/C17H21N5O2S/c18-17-21-14(11-25-17)5-3-7-20-16(24)12-8-15(23)22(9-12)10-13-4-1-2-6-19-13/h1-2,4,6,11-12H,3,5,7-10H2,(H2,18,21)(H,20,24). The van der Waals surface area contributed by atoms with Crippen LogP contribution in [0.4, 0.5) is 5.13 Å². The lowest BCUT2D eigenvalue weighted by atomic mass is 10.1. The number of nitrogens with two attached hydrogens (primary N) is 1. The van der Waals surface area contributed by atoms with Crippen molar-refractivity contribution in [2.45, 2.75) is 25.8 Å². The number of pyridine rings is 1. The SMILES string of the molecule is Nc1nc(CCCNC(=O)C2CC(=O)N(Cc3ccccn3)C2)cs1. The molecule has 1 saturated heterocycles. The quantitative estimate of drug-likeness (QED) is 0.724. The lowest BCUT2D eigenvalue weighted by Crippen LogP contribution is -2.33. The van der Waals surface area contributed by atoms with E-state index in [-0.39, 0.29) is 24.2 Å². The minimum atomic E-state index is -0.286. The maximum atomic E-state index is 12.3. The van der Waals surface area contributed by atoms with Crippen molar-refractivity contribution in [3.05, 3.63) is 41.2 Å². The fraction of sp³-hybridized carbons (Fsp3) is 0.412. The van der Waals surface area contributed by atoms with Crippen LogP contribution >= 0.6 is 11.3 Å². The molecule has 3 rings (SSSR count). The number of carbonyl (C=O) groups excluding carboxylic acids is 2. The molecule has 1 unspecified atom stereocenters. The molecular weight excluding hydrogens is 338 g/mol. The van der Waals surface area contributed by atoms with E-state index in [4.69, 9.17) is 5.73 Å². The van der Waals surface area contributed by atoms with Crippen LogP contribution in [0, 0.1) is 5.92 Å². The Hall–Kier alpha value is -2.48. The van der Waals surface area contributed by atoms with Crippen molar-refractivity contribution in [1.29, 1.82) is 0 Å². The number of hydrogen-bond donors (Lipinski definition) is 2. The highest BCUT2D eigenvalue weighted by atomic mass is 32.1. The van der Waals surface area contributed by atoms with Gasteiger partial charge >= 0.3 is 0 Å². The molecular formula is C17H21N5O2S. The molecule has 0 bridgehead atoms. The van der Waals surface area contributed by atoms with E-state index in [0.29, 0.717) is 24.8 Å². The Morgan fingerprint density at radius 1 is 1.40 bits per heavy atom. The number of aromatic nitrogens is 2. The van der Waals surface area contributed by atoms with Crippen molar-refractivity contribution in [2.24, 2.45) is 5.92 Å². The van der Waals surface area contributed by atoms with Crippen LogP contribution in [-0.2, 0) is 22.6 Å². The number of nitrogens with zero attached hydrogens (tertiary/aromatic N) is 3. The van der Waals surface area contributed by atoms with E-state index in [1.165, 1.54) is 11.3 Å². The number of amides is 2. The van der Waals surface area contributed by atoms with E-state index >= 15 is 0 Å². The molecule has 132 valence electrons. The molecule has 1 aliphatic rings. The van der Waals surface area contributed by atoms with E-state index in [1.807, 2.05) is 23.6 Å². The maximum absolute atomic E-state index is 12.3. The summed E-state index contributed by atoms with van der Waals surface area (Å²) in [4.78, 5) is 34.5. The van der Waals surface area contributed by atoms with Crippen LogP contribution in [0.1, 0.15) is 24.2 Å². The first-order valence-corrected chi connectivity index (χ1v) is 9.15.